The van der Waals surface area contributed by atoms with Crippen LogP contribution >= 0.6 is 0 Å². The Labute approximate surface area is 105 Å². The standard InChI is InChI=1S/C12H14N2O4/c1-17-7-11(12(15)16)14-10-5-9(18-2)4-3-8(10)6-13/h3-5,11,14H,7H2,1-2H3,(H,15,16). The van der Waals surface area contributed by atoms with Gasteiger partial charge in [-0.05, 0) is 12.1 Å². The molecule has 0 bridgehead atoms. The lowest BCUT2D eigenvalue weighted by atomic mass is 10.1. The first kappa shape index (κ1) is 13.8. The number of benzene rings is 1. The summed E-state index contributed by atoms with van der Waals surface area (Å²) in [6, 6.07) is 5.83. The highest BCUT2D eigenvalue weighted by molar-refractivity contribution is 5.78. The highest BCUT2D eigenvalue weighted by Gasteiger charge is 2.18. The van der Waals surface area contributed by atoms with E-state index in [0.717, 1.165) is 0 Å². The van der Waals surface area contributed by atoms with Crippen molar-refractivity contribution in [1.82, 2.24) is 0 Å². The van der Waals surface area contributed by atoms with E-state index in [1.807, 2.05) is 6.07 Å². The van der Waals surface area contributed by atoms with E-state index in [4.69, 9.17) is 19.8 Å². The Kier molecular flexibility index (Phi) is 4.96. The number of anilines is 1. The van der Waals surface area contributed by atoms with Crippen LogP contribution in [0.5, 0.6) is 5.75 Å². The molecule has 0 aromatic heterocycles. The van der Waals surface area contributed by atoms with Gasteiger partial charge in [0.05, 0.1) is 25.0 Å². The first-order valence-electron chi connectivity index (χ1n) is 5.18. The quantitative estimate of drug-likeness (QED) is 0.784. The minimum Gasteiger partial charge on any atom is -0.497 e. The molecular formula is C12H14N2O4. The molecule has 0 spiro atoms. The second kappa shape index (κ2) is 6.47. The van der Waals surface area contributed by atoms with Crippen LogP contribution in [0.15, 0.2) is 18.2 Å². The molecule has 0 aliphatic rings. The van der Waals surface area contributed by atoms with E-state index in [9.17, 15) is 4.79 Å². The molecule has 0 saturated heterocycles. The molecule has 1 aromatic carbocycles. The van der Waals surface area contributed by atoms with E-state index < -0.39 is 12.0 Å². The monoisotopic (exact) mass is 250 g/mol. The summed E-state index contributed by atoms with van der Waals surface area (Å²) < 4.78 is 9.84. The van der Waals surface area contributed by atoms with Crippen LogP contribution in [0.25, 0.3) is 0 Å². The number of nitrogens with zero attached hydrogens (tertiary/aromatic N) is 1. The second-order valence-electron chi connectivity index (χ2n) is 3.51. The zero-order valence-corrected chi connectivity index (χ0v) is 10.1. The Morgan fingerprint density at radius 1 is 1.56 bits per heavy atom. The lowest BCUT2D eigenvalue weighted by molar-refractivity contribution is -0.139. The van der Waals surface area contributed by atoms with Gasteiger partial charge in [0.2, 0.25) is 0 Å². The third-order valence-electron chi connectivity index (χ3n) is 2.31. The maximum Gasteiger partial charge on any atom is 0.328 e. The Morgan fingerprint density at radius 3 is 2.78 bits per heavy atom. The Hall–Kier alpha value is -2.26. The van der Waals surface area contributed by atoms with Crippen molar-refractivity contribution in [3.8, 4) is 11.8 Å². The fourth-order valence-corrected chi connectivity index (χ4v) is 1.40. The van der Waals surface area contributed by atoms with E-state index in [-0.39, 0.29) is 6.61 Å². The molecule has 0 amide bonds. The second-order valence-corrected chi connectivity index (χ2v) is 3.51. The van der Waals surface area contributed by atoms with Crippen LogP contribution in [-0.2, 0) is 9.53 Å². The number of carboxylic acids is 1. The Bertz CT molecular complexity index is 468. The number of hydrogen-bond acceptors (Lipinski definition) is 5. The predicted molar refractivity (Wildman–Crippen MR) is 64.6 cm³/mol. The van der Waals surface area contributed by atoms with E-state index in [2.05, 4.69) is 5.32 Å². The Morgan fingerprint density at radius 2 is 2.28 bits per heavy atom. The fourth-order valence-electron chi connectivity index (χ4n) is 1.40. The number of nitrogens with one attached hydrogen (secondary N) is 1. The fraction of sp³-hybridized carbons (Fsp3) is 0.333. The number of hydrogen-bond donors (Lipinski definition) is 2. The van der Waals surface area contributed by atoms with Gasteiger partial charge in [0, 0.05) is 13.2 Å². The average Bonchev–Trinajstić information content (AvgIpc) is 2.37. The molecule has 1 rings (SSSR count). The molecule has 0 fully saturated rings. The number of carbonyl (C=O) groups is 1. The molecule has 18 heavy (non-hydrogen) atoms. The van der Waals surface area contributed by atoms with Crippen LogP contribution in [-0.4, -0.2) is 37.9 Å². The van der Waals surface area contributed by atoms with Crippen molar-refractivity contribution >= 4 is 11.7 Å². The first-order chi connectivity index (χ1) is 8.62. The van der Waals surface area contributed by atoms with Gasteiger partial charge in [0.25, 0.3) is 0 Å². The van der Waals surface area contributed by atoms with Crippen LogP contribution in [0.2, 0.25) is 0 Å². The summed E-state index contributed by atoms with van der Waals surface area (Å²) in [6.45, 7) is -0.00257. The Balaban J connectivity index is 3.00. The van der Waals surface area contributed by atoms with E-state index in [1.54, 1.807) is 18.2 Å². The normalized spacial score (nSPS) is 11.4. The van der Waals surface area contributed by atoms with E-state index in [0.29, 0.717) is 17.0 Å². The lowest BCUT2D eigenvalue weighted by Crippen LogP contribution is -2.33. The third-order valence-corrected chi connectivity index (χ3v) is 2.31. The van der Waals surface area contributed by atoms with Crippen molar-refractivity contribution < 1.29 is 19.4 Å². The summed E-state index contributed by atoms with van der Waals surface area (Å²) in [5.41, 5.74) is 0.749. The van der Waals surface area contributed by atoms with Gasteiger partial charge in [-0.25, -0.2) is 4.79 Å². The summed E-state index contributed by atoms with van der Waals surface area (Å²) >= 11 is 0. The van der Waals surface area contributed by atoms with Crippen molar-refractivity contribution in [2.24, 2.45) is 0 Å². The molecule has 6 nitrogen and oxygen atoms in total. The molecule has 0 aliphatic carbocycles. The van der Waals surface area contributed by atoms with Crippen LogP contribution in [0.1, 0.15) is 5.56 Å². The molecule has 1 unspecified atom stereocenters. The van der Waals surface area contributed by atoms with Crippen molar-refractivity contribution in [2.45, 2.75) is 6.04 Å². The van der Waals surface area contributed by atoms with Crippen LogP contribution in [0.4, 0.5) is 5.69 Å². The number of aliphatic carboxylic acids is 1. The zero-order chi connectivity index (χ0) is 13.5. The molecule has 0 aliphatic heterocycles. The number of methoxy groups -OCH3 is 2. The van der Waals surface area contributed by atoms with E-state index in [1.165, 1.54) is 14.2 Å². The van der Waals surface area contributed by atoms with Gasteiger partial charge < -0.3 is 19.9 Å². The smallest absolute Gasteiger partial charge is 0.328 e. The molecular weight excluding hydrogens is 236 g/mol. The van der Waals surface area contributed by atoms with Gasteiger partial charge in [-0.2, -0.15) is 5.26 Å². The van der Waals surface area contributed by atoms with Crippen LogP contribution in [0.3, 0.4) is 0 Å². The molecule has 1 atom stereocenters. The van der Waals surface area contributed by atoms with Gasteiger partial charge in [-0.15, -0.1) is 0 Å². The molecule has 1 aromatic rings. The largest absolute Gasteiger partial charge is 0.497 e. The van der Waals surface area contributed by atoms with Crippen molar-refractivity contribution in [3.05, 3.63) is 23.8 Å². The van der Waals surface area contributed by atoms with Crippen molar-refractivity contribution in [2.75, 3.05) is 26.1 Å². The van der Waals surface area contributed by atoms with Gasteiger partial charge in [0.15, 0.2) is 0 Å². The molecule has 6 heteroatoms. The summed E-state index contributed by atoms with van der Waals surface area (Å²) in [5, 5.41) is 20.7. The van der Waals surface area contributed by atoms with Gasteiger partial charge in [-0.1, -0.05) is 0 Å². The highest BCUT2D eigenvalue weighted by Crippen LogP contribution is 2.22. The van der Waals surface area contributed by atoms with Gasteiger partial charge in [-0.3, -0.25) is 0 Å². The molecule has 0 radical (unpaired) electrons. The average molecular weight is 250 g/mol. The predicted octanol–water partition coefficient (Wildman–Crippen LogP) is 1.08. The maximum atomic E-state index is 11.0. The van der Waals surface area contributed by atoms with E-state index >= 15 is 0 Å². The van der Waals surface area contributed by atoms with Crippen molar-refractivity contribution in [3.63, 3.8) is 0 Å². The SMILES string of the molecule is COCC(Nc1cc(OC)ccc1C#N)C(=O)O. The number of nitriles is 1. The summed E-state index contributed by atoms with van der Waals surface area (Å²) in [4.78, 5) is 11.0. The molecule has 0 heterocycles. The minimum atomic E-state index is -1.05. The molecule has 96 valence electrons. The lowest BCUT2D eigenvalue weighted by Gasteiger charge is -2.16. The summed E-state index contributed by atoms with van der Waals surface area (Å²) in [6.07, 6.45) is 0. The third kappa shape index (κ3) is 3.37. The zero-order valence-electron chi connectivity index (χ0n) is 10.1. The van der Waals surface area contributed by atoms with Crippen LogP contribution < -0.4 is 10.1 Å². The number of carboxylic acid groups (broad SMARTS) is 1. The van der Waals surface area contributed by atoms with Gasteiger partial charge in [0.1, 0.15) is 17.9 Å². The number of rotatable bonds is 6. The summed E-state index contributed by atoms with van der Waals surface area (Å²) in [7, 11) is 2.91. The van der Waals surface area contributed by atoms with Crippen molar-refractivity contribution in [1.29, 1.82) is 5.26 Å². The first-order valence-corrected chi connectivity index (χ1v) is 5.18. The minimum absolute atomic E-state index is 0.00257. The maximum absolute atomic E-state index is 11.0. The highest BCUT2D eigenvalue weighted by atomic mass is 16.5. The topological polar surface area (TPSA) is 91.6 Å². The molecule has 2 N–H and O–H groups in total. The van der Waals surface area contributed by atoms with Crippen LogP contribution in [0, 0.1) is 11.3 Å². The summed E-state index contributed by atoms with van der Waals surface area (Å²) in [5.74, 6) is -0.512. The van der Waals surface area contributed by atoms with Gasteiger partial charge >= 0.3 is 5.97 Å². The number of ether oxygens (including phenoxy) is 2. The molecule has 0 saturated carbocycles.